The fourth-order valence-electron chi connectivity index (χ4n) is 4.25. The van der Waals surface area contributed by atoms with Gasteiger partial charge in [-0.05, 0) is 53.8 Å². The van der Waals surface area contributed by atoms with Gasteiger partial charge in [0, 0.05) is 58.6 Å². The molecule has 0 radical (unpaired) electrons. The van der Waals surface area contributed by atoms with Crippen LogP contribution in [0, 0.1) is 0 Å². The number of hydrogen-bond acceptors (Lipinski definition) is 5. The molecule has 4 rings (SSSR count). The first kappa shape index (κ1) is 23.6. The van der Waals surface area contributed by atoms with Gasteiger partial charge in [0.1, 0.15) is 0 Å². The van der Waals surface area contributed by atoms with Crippen LogP contribution in [0.25, 0.3) is 0 Å². The topological polar surface area (TPSA) is 52.2 Å². The summed E-state index contributed by atoms with van der Waals surface area (Å²) >= 11 is 0. The lowest BCUT2D eigenvalue weighted by molar-refractivity contribution is 0.268. The van der Waals surface area contributed by atoms with Crippen LogP contribution in [-0.4, -0.2) is 49.2 Å². The number of nitrogens with one attached hydrogen (secondary N) is 3. The second-order valence-corrected chi connectivity index (χ2v) is 8.84. The van der Waals surface area contributed by atoms with Gasteiger partial charge in [-0.3, -0.25) is 9.88 Å². The zero-order chi connectivity index (χ0) is 22.6. The molecule has 3 N–H and O–H groups in total. The van der Waals surface area contributed by atoms with Gasteiger partial charge in [-0.25, -0.2) is 0 Å². The molecule has 2 aromatic carbocycles. The van der Waals surface area contributed by atoms with Crippen LogP contribution in [0.4, 0.5) is 0 Å². The number of nitrogens with zero attached hydrogens (tertiary/aromatic N) is 2. The first-order chi connectivity index (χ1) is 16.3. The second kappa shape index (κ2) is 13.2. The van der Waals surface area contributed by atoms with Gasteiger partial charge < -0.3 is 16.0 Å². The van der Waals surface area contributed by atoms with Crippen LogP contribution in [0.5, 0.6) is 0 Å². The highest BCUT2D eigenvalue weighted by Gasteiger charge is 2.08. The Kier molecular flexibility index (Phi) is 9.44. The Bertz CT molecular complexity index is 942. The Hall–Kier alpha value is -2.57. The average molecular weight is 444 g/mol. The maximum absolute atomic E-state index is 4.37. The van der Waals surface area contributed by atoms with Crippen molar-refractivity contribution in [3.05, 3.63) is 101 Å². The van der Waals surface area contributed by atoms with Crippen molar-refractivity contribution in [1.29, 1.82) is 0 Å². The van der Waals surface area contributed by atoms with Crippen LogP contribution >= 0.6 is 0 Å². The SMILES string of the molecule is c1ccc(CNCc2ccc(CN3CCNCCNCCc4cccc(c4)CC3)cc2)nc1. The Balaban J connectivity index is 1.31. The number of pyridine rings is 1. The molecule has 1 aliphatic rings. The molecule has 0 unspecified atom stereocenters. The highest BCUT2D eigenvalue weighted by Crippen LogP contribution is 2.11. The van der Waals surface area contributed by atoms with E-state index in [1.165, 1.54) is 22.3 Å². The van der Waals surface area contributed by atoms with Crippen molar-refractivity contribution < 1.29 is 0 Å². The Morgan fingerprint density at radius 1 is 0.727 bits per heavy atom. The van der Waals surface area contributed by atoms with Crippen LogP contribution in [0.3, 0.4) is 0 Å². The lowest BCUT2D eigenvalue weighted by atomic mass is 10.1. The van der Waals surface area contributed by atoms with E-state index in [2.05, 4.69) is 80.4 Å². The van der Waals surface area contributed by atoms with E-state index in [0.717, 1.165) is 77.4 Å². The number of aromatic nitrogens is 1. The maximum atomic E-state index is 4.37. The van der Waals surface area contributed by atoms with Gasteiger partial charge in [-0.1, -0.05) is 54.6 Å². The summed E-state index contributed by atoms with van der Waals surface area (Å²) in [5.41, 5.74) is 6.63. The molecule has 0 spiro atoms. The summed E-state index contributed by atoms with van der Waals surface area (Å²) < 4.78 is 0. The van der Waals surface area contributed by atoms with Crippen LogP contribution in [0.2, 0.25) is 0 Å². The molecule has 0 amide bonds. The minimum atomic E-state index is 0.792. The first-order valence-corrected chi connectivity index (χ1v) is 12.3. The van der Waals surface area contributed by atoms with E-state index >= 15 is 0 Å². The zero-order valence-corrected chi connectivity index (χ0v) is 19.6. The fraction of sp³-hybridized carbons (Fsp3) is 0.393. The van der Waals surface area contributed by atoms with E-state index in [1.54, 1.807) is 0 Å². The molecule has 5 heteroatoms. The molecule has 33 heavy (non-hydrogen) atoms. The summed E-state index contributed by atoms with van der Waals surface area (Å²) in [6.07, 6.45) is 4.03. The number of rotatable bonds is 6. The fourth-order valence-corrected chi connectivity index (χ4v) is 4.25. The highest BCUT2D eigenvalue weighted by atomic mass is 15.1. The summed E-state index contributed by atoms with van der Waals surface area (Å²) in [6, 6.07) is 24.2. The Morgan fingerprint density at radius 3 is 2.33 bits per heavy atom. The Labute approximate surface area is 198 Å². The Morgan fingerprint density at radius 2 is 1.52 bits per heavy atom. The number of fused-ring (bicyclic) bond motifs is 2. The van der Waals surface area contributed by atoms with Gasteiger partial charge in [0.05, 0.1) is 5.69 Å². The molecule has 5 nitrogen and oxygen atoms in total. The summed E-state index contributed by atoms with van der Waals surface area (Å²) in [6.45, 7) is 8.90. The van der Waals surface area contributed by atoms with Crippen LogP contribution in [-0.2, 0) is 32.5 Å². The van der Waals surface area contributed by atoms with E-state index in [9.17, 15) is 0 Å². The smallest absolute Gasteiger partial charge is 0.0541 e. The monoisotopic (exact) mass is 443 g/mol. The van der Waals surface area contributed by atoms with Crippen molar-refractivity contribution in [3.63, 3.8) is 0 Å². The minimum Gasteiger partial charge on any atom is -0.315 e. The quantitative estimate of drug-likeness (QED) is 0.547. The lowest BCUT2D eigenvalue weighted by Gasteiger charge is -2.23. The molecule has 0 saturated carbocycles. The summed E-state index contributed by atoms with van der Waals surface area (Å²) in [5.74, 6) is 0. The van der Waals surface area contributed by atoms with Gasteiger partial charge in [-0.15, -0.1) is 0 Å². The molecule has 1 aliphatic heterocycles. The normalized spacial score (nSPS) is 16.2. The second-order valence-electron chi connectivity index (χ2n) is 8.84. The van der Waals surface area contributed by atoms with E-state index in [-0.39, 0.29) is 0 Å². The van der Waals surface area contributed by atoms with Crippen molar-refractivity contribution in [2.24, 2.45) is 0 Å². The summed E-state index contributed by atoms with van der Waals surface area (Å²) in [7, 11) is 0. The van der Waals surface area contributed by atoms with Crippen molar-refractivity contribution in [1.82, 2.24) is 25.8 Å². The third-order valence-corrected chi connectivity index (χ3v) is 6.17. The summed E-state index contributed by atoms with van der Waals surface area (Å²) in [5, 5.41) is 10.6. The third-order valence-electron chi connectivity index (χ3n) is 6.17. The summed E-state index contributed by atoms with van der Waals surface area (Å²) in [4.78, 5) is 6.94. The van der Waals surface area contributed by atoms with Crippen molar-refractivity contribution in [3.8, 4) is 0 Å². The average Bonchev–Trinajstić information content (AvgIpc) is 2.85. The predicted octanol–water partition coefficient (Wildman–Crippen LogP) is 3.15. The molecular formula is C28H37N5. The van der Waals surface area contributed by atoms with Crippen LogP contribution in [0.1, 0.15) is 27.9 Å². The van der Waals surface area contributed by atoms with E-state index in [0.29, 0.717) is 0 Å². The largest absolute Gasteiger partial charge is 0.315 e. The number of hydrogen-bond donors (Lipinski definition) is 3. The molecule has 0 aliphatic carbocycles. The van der Waals surface area contributed by atoms with Crippen molar-refractivity contribution in [2.45, 2.75) is 32.5 Å². The molecule has 0 saturated heterocycles. The van der Waals surface area contributed by atoms with Gasteiger partial charge >= 0.3 is 0 Å². The lowest BCUT2D eigenvalue weighted by Crippen LogP contribution is -2.36. The molecule has 2 bridgehead atoms. The third kappa shape index (κ3) is 8.37. The van der Waals surface area contributed by atoms with E-state index < -0.39 is 0 Å². The van der Waals surface area contributed by atoms with E-state index in [1.807, 2.05) is 18.3 Å². The molecule has 1 aromatic heterocycles. The zero-order valence-electron chi connectivity index (χ0n) is 19.6. The van der Waals surface area contributed by atoms with Gasteiger partial charge in [0.25, 0.3) is 0 Å². The molecular weight excluding hydrogens is 406 g/mol. The molecule has 2 heterocycles. The maximum Gasteiger partial charge on any atom is 0.0541 e. The standard InChI is InChI=1S/C28H37N5/c1-2-13-32-28(6-1)22-31-21-26-7-9-27(10-8-26)23-33-18-12-25-5-3-4-24(20-25)11-14-29-15-16-30-17-19-33/h1-10,13,20,29-31H,11-12,14-19,21-23H2. The van der Waals surface area contributed by atoms with E-state index in [4.69, 9.17) is 0 Å². The van der Waals surface area contributed by atoms with Gasteiger partial charge in [-0.2, -0.15) is 0 Å². The van der Waals surface area contributed by atoms with Crippen molar-refractivity contribution >= 4 is 0 Å². The number of benzene rings is 2. The molecule has 174 valence electrons. The molecule has 0 atom stereocenters. The van der Waals surface area contributed by atoms with Crippen LogP contribution in [0.15, 0.2) is 72.9 Å². The van der Waals surface area contributed by atoms with Crippen LogP contribution < -0.4 is 16.0 Å². The van der Waals surface area contributed by atoms with Gasteiger partial charge in [0.2, 0.25) is 0 Å². The van der Waals surface area contributed by atoms with Gasteiger partial charge in [0.15, 0.2) is 0 Å². The minimum absolute atomic E-state index is 0.792. The highest BCUT2D eigenvalue weighted by molar-refractivity contribution is 5.25. The molecule has 3 aromatic rings. The first-order valence-electron chi connectivity index (χ1n) is 12.3. The molecule has 0 fully saturated rings. The predicted molar refractivity (Wildman–Crippen MR) is 136 cm³/mol. The van der Waals surface area contributed by atoms with Crippen molar-refractivity contribution in [2.75, 3.05) is 39.3 Å².